The van der Waals surface area contributed by atoms with Crippen LogP contribution in [0.4, 0.5) is 0 Å². The van der Waals surface area contributed by atoms with Crippen molar-refractivity contribution in [1.82, 2.24) is 20.3 Å². The highest BCUT2D eigenvalue weighted by Gasteiger charge is 2.12. The number of hydrogen-bond acceptors (Lipinski definition) is 5. The summed E-state index contributed by atoms with van der Waals surface area (Å²) in [6, 6.07) is 3.65. The lowest BCUT2D eigenvalue weighted by molar-refractivity contribution is 0.392. The molecule has 3 rings (SSSR count). The van der Waals surface area contributed by atoms with Gasteiger partial charge in [-0.2, -0.15) is 5.10 Å². The summed E-state index contributed by atoms with van der Waals surface area (Å²) in [6.07, 6.45) is 3.19. The van der Waals surface area contributed by atoms with Crippen molar-refractivity contribution < 1.29 is 8.94 Å². The van der Waals surface area contributed by atoms with Gasteiger partial charge >= 0.3 is 0 Å². The molecule has 3 aromatic rings. The van der Waals surface area contributed by atoms with E-state index in [2.05, 4.69) is 20.3 Å². The van der Waals surface area contributed by atoms with Crippen molar-refractivity contribution in [2.75, 3.05) is 0 Å². The Morgan fingerprint density at radius 3 is 2.84 bits per heavy atom. The van der Waals surface area contributed by atoms with Crippen LogP contribution < -0.4 is 0 Å². The molecule has 19 heavy (non-hydrogen) atoms. The van der Waals surface area contributed by atoms with Gasteiger partial charge in [0.15, 0.2) is 5.76 Å². The molecule has 0 aliphatic carbocycles. The van der Waals surface area contributed by atoms with Crippen LogP contribution in [0.1, 0.15) is 22.8 Å². The van der Waals surface area contributed by atoms with Gasteiger partial charge in [-0.3, -0.25) is 5.10 Å². The summed E-state index contributed by atoms with van der Waals surface area (Å²) in [5.74, 6) is 2.94. The normalized spacial score (nSPS) is 11.1. The maximum Gasteiger partial charge on any atom is 0.216 e. The van der Waals surface area contributed by atoms with Gasteiger partial charge in [-0.05, 0) is 32.4 Å². The Labute approximate surface area is 109 Å². The first kappa shape index (κ1) is 11.7. The van der Waals surface area contributed by atoms with Crippen molar-refractivity contribution in [2.45, 2.75) is 26.7 Å². The van der Waals surface area contributed by atoms with Crippen LogP contribution in [0.15, 0.2) is 27.3 Å². The zero-order valence-electron chi connectivity index (χ0n) is 10.8. The number of nitrogens with zero attached hydrogens (tertiary/aromatic N) is 3. The third-order valence-corrected chi connectivity index (χ3v) is 3.07. The number of aromatic amines is 1. The molecule has 6 heteroatoms. The van der Waals surface area contributed by atoms with Crippen molar-refractivity contribution in [1.29, 1.82) is 0 Å². The second kappa shape index (κ2) is 4.72. The van der Waals surface area contributed by atoms with Crippen molar-refractivity contribution in [3.05, 3.63) is 41.2 Å². The third-order valence-electron chi connectivity index (χ3n) is 3.07. The molecule has 0 unspecified atom stereocenters. The Kier molecular flexibility index (Phi) is 2.91. The van der Waals surface area contributed by atoms with E-state index in [4.69, 9.17) is 8.94 Å². The second-order valence-corrected chi connectivity index (χ2v) is 4.39. The maximum atomic E-state index is 5.25. The number of H-pyrrole nitrogens is 1. The van der Waals surface area contributed by atoms with E-state index in [1.165, 1.54) is 0 Å². The largest absolute Gasteiger partial charge is 0.461 e. The predicted octanol–water partition coefficient (Wildman–Crippen LogP) is 2.45. The minimum absolute atomic E-state index is 0.582. The fourth-order valence-electron chi connectivity index (χ4n) is 2.03. The van der Waals surface area contributed by atoms with Gasteiger partial charge < -0.3 is 8.94 Å². The van der Waals surface area contributed by atoms with Crippen LogP contribution in [0, 0.1) is 13.8 Å². The molecular formula is C13H14N4O2. The maximum absolute atomic E-state index is 5.25. The van der Waals surface area contributed by atoms with Crippen molar-refractivity contribution in [3.8, 4) is 11.6 Å². The van der Waals surface area contributed by atoms with Crippen molar-refractivity contribution >= 4 is 0 Å². The number of hydrogen-bond donors (Lipinski definition) is 1. The Morgan fingerprint density at radius 1 is 1.26 bits per heavy atom. The Balaban J connectivity index is 1.71. The number of furan rings is 1. The van der Waals surface area contributed by atoms with Gasteiger partial charge in [0.1, 0.15) is 11.6 Å². The molecule has 0 aromatic carbocycles. The molecule has 98 valence electrons. The first-order chi connectivity index (χ1) is 9.24. The van der Waals surface area contributed by atoms with E-state index in [1.54, 1.807) is 6.26 Å². The Bertz CT molecular complexity index is 647. The van der Waals surface area contributed by atoms with E-state index in [0.717, 1.165) is 35.7 Å². The number of aryl methyl sites for hydroxylation is 3. The number of aromatic nitrogens is 4. The van der Waals surface area contributed by atoms with Crippen LogP contribution in [0.2, 0.25) is 0 Å². The van der Waals surface area contributed by atoms with Crippen LogP contribution in [0.5, 0.6) is 0 Å². The highest BCUT2D eigenvalue weighted by molar-refractivity contribution is 5.45. The molecule has 1 N–H and O–H groups in total. The molecule has 0 atom stereocenters. The zero-order valence-corrected chi connectivity index (χ0v) is 10.8. The van der Waals surface area contributed by atoms with E-state index in [-0.39, 0.29) is 0 Å². The molecule has 0 spiro atoms. The average Bonchev–Trinajstić information content (AvgIpc) is 3.10. The minimum atomic E-state index is 0.582. The smallest absolute Gasteiger partial charge is 0.216 e. The van der Waals surface area contributed by atoms with Gasteiger partial charge in [-0.25, -0.2) is 4.98 Å². The van der Waals surface area contributed by atoms with E-state index in [0.29, 0.717) is 11.6 Å². The van der Waals surface area contributed by atoms with Gasteiger partial charge in [0.05, 0.1) is 12.0 Å². The van der Waals surface area contributed by atoms with Gasteiger partial charge in [0.25, 0.3) is 0 Å². The van der Waals surface area contributed by atoms with Crippen LogP contribution in [0.3, 0.4) is 0 Å². The van der Waals surface area contributed by atoms with Gasteiger partial charge in [0.2, 0.25) is 5.82 Å². The van der Waals surface area contributed by atoms with E-state index in [9.17, 15) is 0 Å². The minimum Gasteiger partial charge on any atom is -0.461 e. The highest BCUT2D eigenvalue weighted by Crippen LogP contribution is 2.17. The van der Waals surface area contributed by atoms with Crippen LogP contribution in [-0.4, -0.2) is 20.3 Å². The monoisotopic (exact) mass is 258 g/mol. The molecule has 3 aromatic heterocycles. The van der Waals surface area contributed by atoms with E-state index in [1.807, 2.05) is 26.0 Å². The van der Waals surface area contributed by atoms with Crippen LogP contribution in [-0.2, 0) is 12.8 Å². The molecule has 3 heterocycles. The van der Waals surface area contributed by atoms with Crippen LogP contribution >= 0.6 is 0 Å². The highest BCUT2D eigenvalue weighted by atomic mass is 16.5. The summed E-state index contributed by atoms with van der Waals surface area (Å²) in [6.45, 7) is 3.87. The van der Waals surface area contributed by atoms with Gasteiger partial charge in [-0.1, -0.05) is 5.16 Å². The number of nitrogens with one attached hydrogen (secondary N) is 1. The molecule has 0 amide bonds. The first-order valence-corrected chi connectivity index (χ1v) is 6.11. The second-order valence-electron chi connectivity index (χ2n) is 4.39. The molecule has 0 aliphatic heterocycles. The summed E-state index contributed by atoms with van der Waals surface area (Å²) in [5, 5.41) is 11.0. The molecular weight excluding hydrogens is 244 g/mol. The lowest BCUT2D eigenvalue weighted by Gasteiger charge is -1.96. The average molecular weight is 258 g/mol. The topological polar surface area (TPSA) is 80.7 Å². The van der Waals surface area contributed by atoms with Crippen molar-refractivity contribution in [2.24, 2.45) is 0 Å². The standard InChI is InChI=1S/C13H14N4O2/c1-8-10(9(2)19-17-8)5-6-12-14-13(16-15-12)11-4-3-7-18-11/h3-4,7H,5-6H2,1-2H3,(H,14,15,16). The fraction of sp³-hybridized carbons (Fsp3) is 0.308. The summed E-state index contributed by atoms with van der Waals surface area (Å²) in [4.78, 5) is 4.40. The Morgan fingerprint density at radius 2 is 2.16 bits per heavy atom. The number of rotatable bonds is 4. The molecule has 0 fully saturated rings. The molecule has 0 aliphatic rings. The van der Waals surface area contributed by atoms with Gasteiger partial charge in [-0.15, -0.1) is 0 Å². The molecule has 0 saturated carbocycles. The zero-order chi connectivity index (χ0) is 13.2. The summed E-state index contributed by atoms with van der Waals surface area (Å²) in [7, 11) is 0. The van der Waals surface area contributed by atoms with E-state index >= 15 is 0 Å². The molecule has 6 nitrogen and oxygen atoms in total. The van der Waals surface area contributed by atoms with Crippen LogP contribution in [0.25, 0.3) is 11.6 Å². The summed E-state index contributed by atoms with van der Waals surface area (Å²) >= 11 is 0. The molecule has 0 bridgehead atoms. The predicted molar refractivity (Wildman–Crippen MR) is 67.5 cm³/mol. The molecule has 0 radical (unpaired) electrons. The summed E-state index contributed by atoms with van der Waals surface area (Å²) < 4.78 is 10.4. The molecule has 0 saturated heterocycles. The van der Waals surface area contributed by atoms with Gasteiger partial charge in [0, 0.05) is 12.0 Å². The lowest BCUT2D eigenvalue weighted by atomic mass is 10.1. The van der Waals surface area contributed by atoms with E-state index < -0.39 is 0 Å². The quantitative estimate of drug-likeness (QED) is 0.777. The lowest BCUT2D eigenvalue weighted by Crippen LogP contribution is -1.96. The SMILES string of the molecule is Cc1noc(C)c1CCc1nc(-c2ccco2)n[nH]1. The Hall–Kier alpha value is -2.37. The van der Waals surface area contributed by atoms with Crippen molar-refractivity contribution in [3.63, 3.8) is 0 Å². The fourth-order valence-corrected chi connectivity index (χ4v) is 2.03. The first-order valence-electron chi connectivity index (χ1n) is 6.11. The third kappa shape index (κ3) is 2.29. The summed E-state index contributed by atoms with van der Waals surface area (Å²) in [5.41, 5.74) is 2.07.